The molecule has 0 bridgehead atoms. The van der Waals surface area contributed by atoms with Crippen LogP contribution in [0, 0.1) is 21.7 Å². The van der Waals surface area contributed by atoms with E-state index >= 15 is 0 Å². The number of benzene rings is 2. The average molecular weight is 308 g/mol. The van der Waals surface area contributed by atoms with Gasteiger partial charge in [0.25, 0.3) is 0 Å². The molecule has 0 radical (unpaired) electrons. The first-order valence-corrected chi connectivity index (χ1v) is 6.62. The van der Waals surface area contributed by atoms with Crippen LogP contribution in [0.15, 0.2) is 42.5 Å². The molecule has 0 saturated heterocycles. The Labute approximate surface area is 125 Å². The first-order chi connectivity index (χ1) is 10.6. The third-order valence-electron chi connectivity index (χ3n) is 2.88. The van der Waals surface area contributed by atoms with E-state index in [1.165, 1.54) is 30.3 Å². The van der Waals surface area contributed by atoms with E-state index < -0.39 is 16.4 Å². The molecule has 0 amide bonds. The number of halogens is 2. The zero-order valence-corrected chi connectivity index (χ0v) is 11.6. The normalized spacial score (nSPS) is 10.3. The molecule has 2 aromatic rings. The van der Waals surface area contributed by atoms with Gasteiger partial charge in [-0.25, -0.2) is 4.39 Å². The van der Waals surface area contributed by atoms with Crippen LogP contribution in [0.2, 0.25) is 0 Å². The van der Waals surface area contributed by atoms with E-state index in [1.807, 2.05) is 0 Å². The molecule has 2 rings (SSSR count). The van der Waals surface area contributed by atoms with Gasteiger partial charge in [-0.2, -0.15) is 4.39 Å². The average Bonchev–Trinajstić information content (AvgIpc) is 2.50. The van der Waals surface area contributed by atoms with Crippen molar-refractivity contribution in [2.45, 2.75) is 6.42 Å². The highest BCUT2D eigenvalue weighted by Crippen LogP contribution is 2.21. The number of nitrogens with one attached hydrogen (secondary N) is 1. The number of nitro benzene ring substituents is 1. The molecular weight excluding hydrogens is 294 g/mol. The van der Waals surface area contributed by atoms with Gasteiger partial charge in [-0.3, -0.25) is 10.1 Å². The lowest BCUT2D eigenvalue weighted by Crippen LogP contribution is -2.07. The van der Waals surface area contributed by atoms with Crippen LogP contribution in [0.5, 0.6) is 5.75 Å². The zero-order chi connectivity index (χ0) is 15.9. The number of ether oxygens (including phenoxy) is 1. The third-order valence-corrected chi connectivity index (χ3v) is 2.88. The molecule has 0 aliphatic rings. The van der Waals surface area contributed by atoms with Gasteiger partial charge in [0.05, 0.1) is 11.5 Å². The molecule has 22 heavy (non-hydrogen) atoms. The lowest BCUT2D eigenvalue weighted by molar-refractivity contribution is -0.387. The fourth-order valence-electron chi connectivity index (χ4n) is 1.79. The minimum absolute atomic E-state index is 0.327. The minimum Gasteiger partial charge on any atom is -0.494 e. The molecule has 7 heteroatoms. The van der Waals surface area contributed by atoms with Crippen LogP contribution in [0.1, 0.15) is 6.42 Å². The summed E-state index contributed by atoms with van der Waals surface area (Å²) in [7, 11) is 0. The standard InChI is InChI=1S/C15H14F2N2O3/c16-11-2-5-13(6-3-11)22-9-1-8-18-12-4-7-14(17)15(10-12)19(20)21/h2-7,10,18H,1,8-9H2. The SMILES string of the molecule is O=[N+]([O-])c1cc(NCCCOc2ccc(F)cc2)ccc1F. The van der Waals surface area contributed by atoms with Crippen molar-refractivity contribution in [1.29, 1.82) is 0 Å². The second-order valence-corrected chi connectivity index (χ2v) is 4.51. The number of nitro groups is 1. The highest BCUT2D eigenvalue weighted by Gasteiger charge is 2.13. The molecular formula is C15H14F2N2O3. The van der Waals surface area contributed by atoms with Gasteiger partial charge < -0.3 is 10.1 Å². The van der Waals surface area contributed by atoms with Crippen molar-refractivity contribution in [3.05, 3.63) is 64.2 Å². The van der Waals surface area contributed by atoms with Crippen LogP contribution in [-0.2, 0) is 0 Å². The lowest BCUT2D eigenvalue weighted by atomic mass is 10.2. The number of anilines is 1. The summed E-state index contributed by atoms with van der Waals surface area (Å²) in [6.07, 6.45) is 0.628. The largest absolute Gasteiger partial charge is 0.494 e. The summed E-state index contributed by atoms with van der Waals surface area (Å²) in [4.78, 5) is 9.86. The fraction of sp³-hybridized carbons (Fsp3) is 0.200. The Bertz CT molecular complexity index is 648. The molecule has 0 spiro atoms. The van der Waals surface area contributed by atoms with Crippen molar-refractivity contribution in [3.8, 4) is 5.75 Å². The monoisotopic (exact) mass is 308 g/mol. The van der Waals surface area contributed by atoms with Gasteiger partial charge in [0, 0.05) is 18.3 Å². The maximum absolute atomic E-state index is 13.2. The van der Waals surface area contributed by atoms with Crippen LogP contribution >= 0.6 is 0 Å². The summed E-state index contributed by atoms with van der Waals surface area (Å²) in [5.41, 5.74) is -0.0950. The number of nitrogens with zero attached hydrogens (tertiary/aromatic N) is 1. The molecule has 2 aromatic carbocycles. The van der Waals surface area contributed by atoms with Gasteiger partial charge in [-0.1, -0.05) is 0 Å². The molecule has 0 aliphatic carbocycles. The Morgan fingerprint density at radius 3 is 2.55 bits per heavy atom. The van der Waals surface area contributed by atoms with Crippen molar-refractivity contribution in [2.75, 3.05) is 18.5 Å². The second-order valence-electron chi connectivity index (χ2n) is 4.51. The van der Waals surface area contributed by atoms with E-state index in [-0.39, 0.29) is 5.82 Å². The Morgan fingerprint density at radius 1 is 1.14 bits per heavy atom. The Hall–Kier alpha value is -2.70. The molecule has 0 fully saturated rings. The topological polar surface area (TPSA) is 64.4 Å². The number of hydrogen-bond acceptors (Lipinski definition) is 4. The van der Waals surface area contributed by atoms with E-state index in [2.05, 4.69) is 5.32 Å². The number of rotatable bonds is 7. The third kappa shape index (κ3) is 4.41. The Kier molecular flexibility index (Phi) is 5.24. The summed E-state index contributed by atoms with van der Waals surface area (Å²) in [5.74, 6) is -0.624. The number of hydrogen-bond donors (Lipinski definition) is 1. The Balaban J connectivity index is 1.76. The predicted octanol–water partition coefficient (Wildman–Crippen LogP) is 3.75. The summed E-state index contributed by atoms with van der Waals surface area (Å²) >= 11 is 0. The van der Waals surface area contributed by atoms with Gasteiger partial charge in [0.15, 0.2) is 0 Å². The van der Waals surface area contributed by atoms with Crippen LogP contribution < -0.4 is 10.1 Å². The zero-order valence-electron chi connectivity index (χ0n) is 11.6. The summed E-state index contributed by atoms with van der Waals surface area (Å²) in [5, 5.41) is 13.6. The maximum atomic E-state index is 13.2. The van der Waals surface area contributed by atoms with Crippen molar-refractivity contribution < 1.29 is 18.4 Å². The van der Waals surface area contributed by atoms with Crippen LogP contribution in [0.4, 0.5) is 20.2 Å². The second kappa shape index (κ2) is 7.35. The van der Waals surface area contributed by atoms with E-state index in [1.54, 1.807) is 0 Å². The van der Waals surface area contributed by atoms with Crippen LogP contribution in [0.3, 0.4) is 0 Å². The van der Waals surface area contributed by atoms with E-state index in [0.29, 0.717) is 31.0 Å². The maximum Gasteiger partial charge on any atom is 0.306 e. The quantitative estimate of drug-likeness (QED) is 0.480. The summed E-state index contributed by atoms with van der Waals surface area (Å²) < 4.78 is 31.3. The van der Waals surface area contributed by atoms with Gasteiger partial charge >= 0.3 is 5.69 Å². The highest BCUT2D eigenvalue weighted by molar-refractivity contribution is 5.51. The first kappa shape index (κ1) is 15.7. The summed E-state index contributed by atoms with van der Waals surface area (Å²) in [6.45, 7) is 0.909. The molecule has 5 nitrogen and oxygen atoms in total. The highest BCUT2D eigenvalue weighted by atomic mass is 19.1. The smallest absolute Gasteiger partial charge is 0.306 e. The van der Waals surface area contributed by atoms with E-state index in [0.717, 1.165) is 12.1 Å². The molecule has 0 unspecified atom stereocenters. The van der Waals surface area contributed by atoms with Gasteiger partial charge in [-0.05, 0) is 42.8 Å². The van der Waals surface area contributed by atoms with E-state index in [9.17, 15) is 18.9 Å². The molecule has 0 atom stereocenters. The first-order valence-electron chi connectivity index (χ1n) is 6.62. The Morgan fingerprint density at radius 2 is 1.86 bits per heavy atom. The van der Waals surface area contributed by atoms with Crippen LogP contribution in [-0.4, -0.2) is 18.1 Å². The van der Waals surface area contributed by atoms with Crippen molar-refractivity contribution in [1.82, 2.24) is 0 Å². The van der Waals surface area contributed by atoms with Gasteiger partial charge in [0.2, 0.25) is 5.82 Å². The molecule has 1 N–H and O–H groups in total. The predicted molar refractivity (Wildman–Crippen MR) is 78.1 cm³/mol. The molecule has 0 heterocycles. The molecule has 0 aromatic heterocycles. The lowest BCUT2D eigenvalue weighted by Gasteiger charge is -2.08. The van der Waals surface area contributed by atoms with Crippen molar-refractivity contribution in [3.63, 3.8) is 0 Å². The molecule has 116 valence electrons. The summed E-state index contributed by atoms with van der Waals surface area (Å²) in [6, 6.07) is 9.32. The molecule has 0 aliphatic heterocycles. The van der Waals surface area contributed by atoms with Crippen LogP contribution in [0.25, 0.3) is 0 Å². The van der Waals surface area contributed by atoms with Crippen molar-refractivity contribution >= 4 is 11.4 Å². The minimum atomic E-state index is -0.866. The van der Waals surface area contributed by atoms with Gasteiger partial charge in [0.1, 0.15) is 11.6 Å². The van der Waals surface area contributed by atoms with Crippen molar-refractivity contribution in [2.24, 2.45) is 0 Å². The van der Waals surface area contributed by atoms with E-state index in [4.69, 9.17) is 4.74 Å². The molecule has 0 saturated carbocycles. The fourth-order valence-corrected chi connectivity index (χ4v) is 1.79. The van der Waals surface area contributed by atoms with Gasteiger partial charge in [-0.15, -0.1) is 0 Å².